The average molecular weight is 382 g/mol. The van der Waals surface area contributed by atoms with Crippen LogP contribution in [0.5, 0.6) is 0 Å². The molecule has 0 saturated carbocycles. The number of hydrogen-bond donors (Lipinski definition) is 0. The van der Waals surface area contributed by atoms with E-state index in [4.69, 9.17) is 4.74 Å². The molecule has 2 aliphatic rings. The van der Waals surface area contributed by atoms with Gasteiger partial charge in [0.25, 0.3) is 11.8 Å². The third kappa shape index (κ3) is 3.09. The highest BCUT2D eigenvalue weighted by Crippen LogP contribution is 2.40. The van der Waals surface area contributed by atoms with Crippen LogP contribution in [0.1, 0.15) is 34.6 Å². The van der Waals surface area contributed by atoms with Crippen LogP contribution in [-0.2, 0) is 21.7 Å². The first kappa shape index (κ1) is 18.7. The zero-order chi connectivity index (χ0) is 19.9. The molecule has 1 fully saturated rings. The van der Waals surface area contributed by atoms with Crippen LogP contribution in [0, 0.1) is 6.92 Å². The van der Waals surface area contributed by atoms with Crippen molar-refractivity contribution in [2.75, 3.05) is 27.2 Å². The number of carbonyl (C=O) groups is 2. The molecule has 7 nitrogen and oxygen atoms in total. The molecule has 0 radical (unpaired) electrons. The number of imidazole rings is 1. The Hall–Kier alpha value is -2.67. The number of likely N-dealkylation sites (tertiary alicyclic amines) is 1. The van der Waals surface area contributed by atoms with Crippen LogP contribution in [0.15, 0.2) is 36.7 Å². The SMILES string of the molecule is Cc1ccccc1C(=O)N1CCC2(CC1)OC(C(=O)N(C)C)Cn1ccnc12. The Bertz CT molecular complexity index is 897. The van der Waals surface area contributed by atoms with Gasteiger partial charge in [-0.3, -0.25) is 9.59 Å². The highest BCUT2D eigenvalue weighted by Gasteiger charge is 2.48. The van der Waals surface area contributed by atoms with Crippen molar-refractivity contribution in [3.63, 3.8) is 0 Å². The fourth-order valence-electron chi connectivity index (χ4n) is 4.21. The maximum atomic E-state index is 13.0. The molecule has 3 heterocycles. The predicted molar refractivity (Wildman–Crippen MR) is 104 cm³/mol. The number of benzene rings is 1. The van der Waals surface area contributed by atoms with Gasteiger partial charge in [-0.2, -0.15) is 0 Å². The number of ether oxygens (including phenoxy) is 1. The molecule has 7 heteroatoms. The maximum Gasteiger partial charge on any atom is 0.254 e. The minimum Gasteiger partial charge on any atom is -0.352 e. The van der Waals surface area contributed by atoms with Gasteiger partial charge in [-0.05, 0) is 18.6 Å². The maximum absolute atomic E-state index is 13.0. The van der Waals surface area contributed by atoms with E-state index in [0.29, 0.717) is 32.5 Å². The van der Waals surface area contributed by atoms with Crippen LogP contribution in [0.3, 0.4) is 0 Å². The van der Waals surface area contributed by atoms with Crippen LogP contribution in [0.4, 0.5) is 0 Å². The third-order valence-electron chi connectivity index (χ3n) is 5.80. The number of piperidine rings is 1. The van der Waals surface area contributed by atoms with Gasteiger partial charge in [0.05, 0.1) is 6.54 Å². The predicted octanol–water partition coefficient (Wildman–Crippen LogP) is 1.81. The first-order valence-electron chi connectivity index (χ1n) is 9.67. The number of rotatable bonds is 2. The van der Waals surface area contributed by atoms with Crippen molar-refractivity contribution in [2.45, 2.75) is 38.0 Å². The second-order valence-electron chi connectivity index (χ2n) is 7.84. The molecule has 0 N–H and O–H groups in total. The standard InChI is InChI=1S/C21H26N4O3/c1-15-6-4-5-7-16(15)18(26)24-11-8-21(9-12-24)20-22-10-13-25(20)14-17(28-21)19(27)23(2)3/h4-7,10,13,17H,8-9,11-12,14H2,1-3H3. The van der Waals surface area contributed by atoms with Gasteiger partial charge in [0.2, 0.25) is 0 Å². The quantitative estimate of drug-likeness (QED) is 0.795. The summed E-state index contributed by atoms with van der Waals surface area (Å²) < 4.78 is 8.39. The van der Waals surface area contributed by atoms with Gasteiger partial charge in [-0.25, -0.2) is 4.98 Å². The Morgan fingerprint density at radius 3 is 2.61 bits per heavy atom. The molecule has 1 saturated heterocycles. The number of hydrogen-bond acceptors (Lipinski definition) is 4. The topological polar surface area (TPSA) is 67.7 Å². The molecule has 1 unspecified atom stereocenters. The van der Waals surface area contributed by atoms with E-state index in [2.05, 4.69) is 4.98 Å². The van der Waals surface area contributed by atoms with Gasteiger partial charge in [-0.15, -0.1) is 0 Å². The summed E-state index contributed by atoms with van der Waals surface area (Å²) in [5.74, 6) is 0.864. The summed E-state index contributed by atoms with van der Waals surface area (Å²) in [5.41, 5.74) is 1.10. The van der Waals surface area contributed by atoms with Crippen molar-refractivity contribution in [1.82, 2.24) is 19.4 Å². The van der Waals surface area contributed by atoms with Gasteiger partial charge in [0.1, 0.15) is 11.4 Å². The number of carbonyl (C=O) groups excluding carboxylic acids is 2. The summed E-state index contributed by atoms with van der Waals surface area (Å²) in [6.45, 7) is 3.57. The summed E-state index contributed by atoms with van der Waals surface area (Å²) in [6.07, 6.45) is 4.38. The van der Waals surface area contributed by atoms with E-state index < -0.39 is 11.7 Å². The normalized spacial score (nSPS) is 20.7. The van der Waals surface area contributed by atoms with Crippen molar-refractivity contribution in [3.8, 4) is 0 Å². The fourth-order valence-corrected chi connectivity index (χ4v) is 4.21. The van der Waals surface area contributed by atoms with E-state index >= 15 is 0 Å². The molecule has 2 aromatic rings. The van der Waals surface area contributed by atoms with Crippen LogP contribution in [0.2, 0.25) is 0 Å². The smallest absolute Gasteiger partial charge is 0.254 e. The molecule has 4 rings (SSSR count). The summed E-state index contributed by atoms with van der Waals surface area (Å²) in [7, 11) is 3.48. The minimum atomic E-state index is -0.624. The Morgan fingerprint density at radius 2 is 1.93 bits per heavy atom. The van der Waals surface area contributed by atoms with Crippen LogP contribution < -0.4 is 0 Å². The lowest BCUT2D eigenvalue weighted by Crippen LogP contribution is -2.54. The first-order chi connectivity index (χ1) is 13.4. The van der Waals surface area contributed by atoms with E-state index in [1.807, 2.05) is 46.9 Å². The lowest BCUT2D eigenvalue weighted by Gasteiger charge is -2.45. The summed E-state index contributed by atoms with van der Waals surface area (Å²) >= 11 is 0. The number of nitrogens with zero attached hydrogens (tertiary/aromatic N) is 4. The monoisotopic (exact) mass is 382 g/mol. The van der Waals surface area contributed by atoms with Gasteiger partial charge in [0.15, 0.2) is 6.10 Å². The number of amides is 2. The third-order valence-corrected chi connectivity index (χ3v) is 5.80. The molecule has 0 bridgehead atoms. The molecule has 2 amide bonds. The molecule has 1 atom stereocenters. The van der Waals surface area contributed by atoms with Crippen LogP contribution in [0.25, 0.3) is 0 Å². The van der Waals surface area contributed by atoms with E-state index in [-0.39, 0.29) is 11.8 Å². The Labute approximate surface area is 164 Å². The second-order valence-corrected chi connectivity index (χ2v) is 7.84. The fraction of sp³-hybridized carbons (Fsp3) is 0.476. The molecule has 2 aliphatic heterocycles. The van der Waals surface area contributed by atoms with Gasteiger partial charge >= 0.3 is 0 Å². The van der Waals surface area contributed by atoms with Crippen LogP contribution >= 0.6 is 0 Å². The number of fused-ring (bicyclic) bond motifs is 2. The lowest BCUT2D eigenvalue weighted by molar-refractivity contribution is -0.178. The molecule has 148 valence electrons. The Balaban J connectivity index is 1.55. The second kappa shape index (κ2) is 7.05. The number of likely N-dealkylation sites (N-methyl/N-ethyl adjacent to an activating group) is 1. The van der Waals surface area contributed by atoms with Crippen molar-refractivity contribution in [3.05, 3.63) is 53.6 Å². The Kier molecular flexibility index (Phi) is 4.71. The summed E-state index contributed by atoms with van der Waals surface area (Å²) in [5, 5.41) is 0. The zero-order valence-electron chi connectivity index (χ0n) is 16.6. The van der Waals surface area contributed by atoms with Crippen molar-refractivity contribution < 1.29 is 14.3 Å². The molecule has 28 heavy (non-hydrogen) atoms. The molecular formula is C21H26N4O3. The molecule has 1 aromatic carbocycles. The summed E-state index contributed by atoms with van der Waals surface area (Å²) in [6, 6.07) is 7.66. The van der Waals surface area contributed by atoms with Crippen molar-refractivity contribution in [2.24, 2.45) is 0 Å². The highest BCUT2D eigenvalue weighted by atomic mass is 16.5. The van der Waals surface area contributed by atoms with E-state index in [1.165, 1.54) is 0 Å². The lowest BCUT2D eigenvalue weighted by atomic mass is 9.88. The van der Waals surface area contributed by atoms with Gasteiger partial charge in [0, 0.05) is 58.0 Å². The van der Waals surface area contributed by atoms with E-state index in [9.17, 15) is 9.59 Å². The molecule has 0 aliphatic carbocycles. The zero-order valence-corrected chi connectivity index (χ0v) is 16.6. The van der Waals surface area contributed by atoms with E-state index in [0.717, 1.165) is 17.0 Å². The van der Waals surface area contributed by atoms with Gasteiger partial charge in [-0.1, -0.05) is 18.2 Å². The largest absolute Gasteiger partial charge is 0.352 e. The first-order valence-corrected chi connectivity index (χ1v) is 9.67. The van der Waals surface area contributed by atoms with Crippen molar-refractivity contribution >= 4 is 11.8 Å². The van der Waals surface area contributed by atoms with E-state index in [1.54, 1.807) is 25.2 Å². The Morgan fingerprint density at radius 1 is 1.21 bits per heavy atom. The molecule has 1 spiro atoms. The minimum absolute atomic E-state index is 0.0443. The van der Waals surface area contributed by atoms with Crippen LogP contribution in [-0.4, -0.2) is 64.5 Å². The molecular weight excluding hydrogens is 356 g/mol. The van der Waals surface area contributed by atoms with Gasteiger partial charge < -0.3 is 19.1 Å². The molecule has 1 aromatic heterocycles. The highest BCUT2D eigenvalue weighted by molar-refractivity contribution is 5.95. The van der Waals surface area contributed by atoms with Crippen molar-refractivity contribution in [1.29, 1.82) is 0 Å². The summed E-state index contributed by atoms with van der Waals surface area (Å²) in [4.78, 5) is 33.5. The number of aromatic nitrogens is 2. The average Bonchev–Trinajstić information content (AvgIpc) is 3.17. The number of aryl methyl sites for hydroxylation is 1.